The van der Waals surface area contributed by atoms with Crippen molar-refractivity contribution in [3.8, 4) is 0 Å². The SMILES string of the molecule is C[Si](C)P(c1ccccc1)c1ccccc1.C[Si](C)P(c1ccccc1)c1ccccc1.Cc1[cH-]c(C)c(C)c1C.Cc1[cH-]c(C)c(C)c1C.[Cl-].[Cl-].[Cr+2].[Cr+2]. The minimum atomic E-state index is -0.313. The summed E-state index contributed by atoms with van der Waals surface area (Å²) in [6, 6.07) is 48.3. The maximum Gasteiger partial charge on any atom is 2.00 e. The molecule has 0 aliphatic heterocycles. The summed E-state index contributed by atoms with van der Waals surface area (Å²) in [7, 11) is -0.842. The van der Waals surface area contributed by atoms with Crippen molar-refractivity contribution in [1.82, 2.24) is 0 Å². The zero-order valence-corrected chi connectivity index (χ0v) is 42.0. The third-order valence-corrected chi connectivity index (χ3v) is 22.8. The smallest absolute Gasteiger partial charge is 1.00 e. The monoisotopic (exact) mass is 902 g/mol. The molecule has 0 atom stereocenters. The molecule has 6 rings (SSSR count). The molecule has 0 aliphatic rings. The maximum absolute atomic E-state index is 2.41. The molecule has 0 heterocycles. The molecule has 0 nitrogen and oxygen atoms in total. The van der Waals surface area contributed by atoms with Crippen LogP contribution in [0.25, 0.3) is 0 Å². The van der Waals surface area contributed by atoms with Crippen LogP contribution in [0.5, 0.6) is 0 Å². The molecule has 0 saturated carbocycles. The van der Waals surface area contributed by atoms with E-state index in [9.17, 15) is 0 Å². The second-order valence-corrected chi connectivity index (χ2v) is 28.7. The largest absolute Gasteiger partial charge is 2.00 e. The third-order valence-electron chi connectivity index (χ3n) is 9.31. The minimum absolute atomic E-state index is 0. The Kier molecular flexibility index (Phi) is 28.3. The van der Waals surface area contributed by atoms with Crippen molar-refractivity contribution in [1.29, 1.82) is 0 Å². The Morgan fingerprint density at radius 3 is 0.611 bits per heavy atom. The first-order valence-corrected chi connectivity index (χ1v) is 27.0. The van der Waals surface area contributed by atoms with Crippen molar-refractivity contribution in [2.24, 2.45) is 0 Å². The molecule has 2 radical (unpaired) electrons. The molecular weight excluding hydrogens is 846 g/mol. The van der Waals surface area contributed by atoms with Gasteiger partial charge in [0.25, 0.3) is 0 Å². The fraction of sp³-hybridized carbons (Fsp3) is 0.261. The van der Waals surface area contributed by atoms with Crippen LogP contribution in [0.2, 0.25) is 26.2 Å². The van der Waals surface area contributed by atoms with E-state index < -0.39 is 0 Å². The van der Waals surface area contributed by atoms with Gasteiger partial charge in [-0.15, -0.1) is 0 Å². The van der Waals surface area contributed by atoms with E-state index in [-0.39, 0.29) is 91.4 Å². The van der Waals surface area contributed by atoms with Crippen LogP contribution in [0.4, 0.5) is 0 Å². The van der Waals surface area contributed by atoms with E-state index in [2.05, 4.69) is 215 Å². The number of hydrogen-bond donors (Lipinski definition) is 0. The van der Waals surface area contributed by atoms with Gasteiger partial charge in [0.15, 0.2) is 0 Å². The average Bonchev–Trinajstić information content (AvgIpc) is 3.48. The Morgan fingerprint density at radius 2 is 0.500 bits per heavy atom. The van der Waals surface area contributed by atoms with Gasteiger partial charge >= 0.3 is 34.7 Å². The fourth-order valence-electron chi connectivity index (χ4n) is 5.90. The van der Waals surface area contributed by atoms with Crippen LogP contribution in [-0.4, -0.2) is 16.9 Å². The van der Waals surface area contributed by atoms with Gasteiger partial charge in [-0.05, 0) is 21.2 Å². The van der Waals surface area contributed by atoms with Crippen molar-refractivity contribution in [2.75, 3.05) is 0 Å². The number of hydrogen-bond acceptors (Lipinski definition) is 0. The molecule has 0 bridgehead atoms. The quantitative estimate of drug-likeness (QED) is 0.109. The van der Waals surface area contributed by atoms with E-state index in [0.29, 0.717) is 0 Å². The Hall–Kier alpha value is -1.48. The molecule has 54 heavy (non-hydrogen) atoms. The summed E-state index contributed by atoms with van der Waals surface area (Å²) in [5.41, 5.74) is 11.5. The van der Waals surface area contributed by atoms with E-state index in [4.69, 9.17) is 0 Å². The summed E-state index contributed by atoms with van der Waals surface area (Å²) in [5, 5.41) is 6.07. The van der Waals surface area contributed by atoms with Gasteiger partial charge in [0.1, 0.15) is 0 Å². The zero-order chi connectivity index (χ0) is 36.8. The van der Waals surface area contributed by atoms with Crippen LogP contribution in [0.3, 0.4) is 0 Å². The molecule has 0 fully saturated rings. The first-order valence-electron chi connectivity index (χ1n) is 17.6. The van der Waals surface area contributed by atoms with Crippen molar-refractivity contribution in [3.05, 3.63) is 178 Å². The first-order chi connectivity index (χ1) is 23.8. The summed E-state index contributed by atoms with van der Waals surface area (Å²) in [5.74, 6) is 0. The van der Waals surface area contributed by atoms with Gasteiger partial charge in [0.2, 0.25) is 0 Å². The number of rotatable bonds is 6. The normalized spacial score (nSPS) is 9.93. The molecule has 0 aromatic heterocycles. The third kappa shape index (κ3) is 16.5. The molecule has 0 N–H and O–H groups in total. The zero-order valence-electron chi connectivity index (χ0n) is 34.2. The van der Waals surface area contributed by atoms with E-state index in [0.717, 1.165) is 0 Å². The predicted molar refractivity (Wildman–Crippen MR) is 235 cm³/mol. The minimum Gasteiger partial charge on any atom is -1.00 e. The van der Waals surface area contributed by atoms with E-state index in [1.807, 2.05) is 0 Å². The molecule has 0 saturated heterocycles. The van der Waals surface area contributed by atoms with Crippen LogP contribution in [0.1, 0.15) is 44.5 Å². The Balaban J connectivity index is 0. The molecule has 0 amide bonds. The second kappa shape index (κ2) is 28.0. The Labute approximate surface area is 369 Å². The number of halogens is 2. The fourth-order valence-corrected chi connectivity index (χ4v) is 18.4. The Bertz CT molecular complexity index is 1580. The molecule has 6 aromatic carbocycles. The van der Waals surface area contributed by atoms with Gasteiger partial charge in [0.05, 0.1) is 16.9 Å². The summed E-state index contributed by atoms with van der Waals surface area (Å²) in [6.07, 6.45) is 0. The molecular formula is C46H58Cl2Cr2P2Si2. The van der Waals surface area contributed by atoms with E-state index in [1.54, 1.807) is 0 Å². The Morgan fingerprint density at radius 1 is 0.333 bits per heavy atom. The average molecular weight is 904 g/mol. The molecule has 0 unspecified atom stereocenters. The van der Waals surface area contributed by atoms with Gasteiger partial charge < -0.3 is 24.8 Å². The topological polar surface area (TPSA) is 0 Å². The molecule has 286 valence electrons. The molecule has 8 heteroatoms. The van der Waals surface area contributed by atoms with Gasteiger partial charge in [-0.2, -0.15) is 56.6 Å². The molecule has 0 aliphatic carbocycles. The van der Waals surface area contributed by atoms with Crippen LogP contribution in [-0.2, 0) is 34.7 Å². The van der Waals surface area contributed by atoms with Crippen LogP contribution in [0.15, 0.2) is 133 Å². The van der Waals surface area contributed by atoms with E-state index in [1.165, 1.54) is 65.7 Å². The van der Waals surface area contributed by atoms with Crippen LogP contribution in [0, 0.1) is 55.4 Å². The van der Waals surface area contributed by atoms with Crippen LogP contribution >= 0.6 is 14.9 Å². The van der Waals surface area contributed by atoms with Gasteiger partial charge in [0, 0.05) is 0 Å². The van der Waals surface area contributed by atoms with Gasteiger partial charge in [-0.3, -0.25) is 0 Å². The summed E-state index contributed by atoms with van der Waals surface area (Å²) in [6.45, 7) is 27.0. The van der Waals surface area contributed by atoms with Gasteiger partial charge in [-0.1, -0.05) is 218 Å². The maximum atomic E-state index is 2.41. The number of aryl methyl sites for hydroxylation is 4. The number of benzene rings is 4. The van der Waals surface area contributed by atoms with Crippen molar-refractivity contribution in [2.45, 2.75) is 81.6 Å². The first kappa shape index (κ1) is 54.6. The summed E-state index contributed by atoms with van der Waals surface area (Å²) >= 11 is 0. The molecule has 6 aromatic rings. The van der Waals surface area contributed by atoms with Gasteiger partial charge in [-0.25, -0.2) is 0 Å². The van der Waals surface area contributed by atoms with Crippen molar-refractivity contribution in [3.63, 3.8) is 0 Å². The standard InChI is InChI=1S/2C14H16PSi.2C9H13.2ClH.2Cr/c2*1-16(2)15(13-9-5-3-6-10-13)14-11-7-4-8-12-14;2*1-6-5-7(2)9(4)8(6)3;;;;/h2*3-12H,1-2H3;2*5H,1-4H3;2*1H;;/q;;2*-1;;;2*+2/p-2. The van der Waals surface area contributed by atoms with Crippen molar-refractivity contribution >= 4 is 53.1 Å². The summed E-state index contributed by atoms with van der Waals surface area (Å²) in [4.78, 5) is 0. The van der Waals surface area contributed by atoms with Crippen LogP contribution < -0.4 is 46.0 Å². The molecule has 0 spiro atoms. The second-order valence-electron chi connectivity index (χ2n) is 13.4. The van der Waals surface area contributed by atoms with E-state index >= 15 is 0 Å². The summed E-state index contributed by atoms with van der Waals surface area (Å²) < 4.78 is 0. The predicted octanol–water partition coefficient (Wildman–Crippen LogP) is 6.02. The van der Waals surface area contributed by atoms with Crippen molar-refractivity contribution < 1.29 is 59.5 Å².